The van der Waals surface area contributed by atoms with E-state index in [2.05, 4.69) is 0 Å². The van der Waals surface area contributed by atoms with Gasteiger partial charge in [-0.05, 0) is 25.7 Å². The first-order valence-corrected chi connectivity index (χ1v) is 9.52. The Labute approximate surface area is 198 Å². The van der Waals surface area contributed by atoms with Gasteiger partial charge in [-0.15, -0.1) is 0 Å². The maximum absolute atomic E-state index is 10.2. The van der Waals surface area contributed by atoms with Gasteiger partial charge in [-0.3, -0.25) is 0 Å². The predicted octanol–water partition coefficient (Wildman–Crippen LogP) is -2.87. The Morgan fingerprint density at radius 2 is 0.560 bits per heavy atom. The molecule has 0 radical (unpaired) electrons. The Morgan fingerprint density at radius 3 is 0.720 bits per heavy atom. The summed E-state index contributed by atoms with van der Waals surface area (Å²) in [7, 11) is 0. The van der Waals surface area contributed by atoms with Gasteiger partial charge in [-0.25, -0.2) is 0 Å². The standard InChI is InChI=1S/C19H36O4.2Na/c20-18(21)16-14-12-10-8-6-4-2-1-3-5-7-9-11-13-15-17-19(22)23;;/h1-17H2,(H,20,21)(H,22,23);;/q;2*+1/p-2. The van der Waals surface area contributed by atoms with Gasteiger partial charge in [0.1, 0.15) is 0 Å². The summed E-state index contributed by atoms with van der Waals surface area (Å²) in [4.78, 5) is 20.5. The number of hydrogen-bond donors (Lipinski definition) is 0. The van der Waals surface area contributed by atoms with E-state index in [-0.39, 0.29) is 72.0 Å². The van der Waals surface area contributed by atoms with Gasteiger partial charge in [0.05, 0.1) is 0 Å². The van der Waals surface area contributed by atoms with Gasteiger partial charge in [0, 0.05) is 11.9 Å². The summed E-state index contributed by atoms with van der Waals surface area (Å²) < 4.78 is 0. The van der Waals surface area contributed by atoms with Crippen LogP contribution in [0.5, 0.6) is 0 Å². The molecule has 0 aromatic heterocycles. The molecule has 0 saturated heterocycles. The Hall–Kier alpha value is 0.940. The smallest absolute Gasteiger partial charge is 0.550 e. The molecule has 0 amide bonds. The van der Waals surface area contributed by atoms with Gasteiger partial charge in [0.15, 0.2) is 0 Å². The minimum absolute atomic E-state index is 0. The fourth-order valence-electron chi connectivity index (χ4n) is 2.84. The van der Waals surface area contributed by atoms with E-state index in [1.807, 2.05) is 0 Å². The number of hydrogen-bond acceptors (Lipinski definition) is 4. The maximum atomic E-state index is 10.2. The summed E-state index contributed by atoms with van der Waals surface area (Å²) in [6.07, 6.45) is 17.7. The summed E-state index contributed by atoms with van der Waals surface area (Å²) in [5, 5.41) is 20.5. The average molecular weight is 372 g/mol. The first-order valence-electron chi connectivity index (χ1n) is 9.52. The van der Waals surface area contributed by atoms with Crippen molar-refractivity contribution >= 4 is 11.9 Å². The van der Waals surface area contributed by atoms with Gasteiger partial charge in [0.2, 0.25) is 0 Å². The van der Waals surface area contributed by atoms with Crippen molar-refractivity contribution in [2.75, 3.05) is 0 Å². The Kier molecular flexibility index (Phi) is 30.6. The van der Waals surface area contributed by atoms with Crippen molar-refractivity contribution in [3.05, 3.63) is 0 Å². The van der Waals surface area contributed by atoms with Crippen LogP contribution in [0.4, 0.5) is 0 Å². The number of unbranched alkanes of at least 4 members (excludes halogenated alkanes) is 14. The number of rotatable bonds is 18. The monoisotopic (exact) mass is 372 g/mol. The fourth-order valence-corrected chi connectivity index (χ4v) is 2.84. The molecule has 0 heterocycles. The number of carbonyl (C=O) groups excluding carboxylic acids is 2. The third kappa shape index (κ3) is 29.9. The van der Waals surface area contributed by atoms with Crippen LogP contribution in [-0.2, 0) is 9.59 Å². The first-order chi connectivity index (χ1) is 11.1. The molecule has 6 heteroatoms. The van der Waals surface area contributed by atoms with E-state index in [0.717, 1.165) is 38.5 Å². The molecule has 0 aliphatic carbocycles. The molecular weight excluding hydrogens is 338 g/mol. The van der Waals surface area contributed by atoms with Crippen LogP contribution in [0.15, 0.2) is 0 Å². The zero-order valence-corrected chi connectivity index (χ0v) is 20.7. The number of carboxylic acids is 2. The molecule has 0 aromatic carbocycles. The summed E-state index contributed by atoms with van der Waals surface area (Å²) in [6.45, 7) is 0. The predicted molar refractivity (Wildman–Crippen MR) is 88.5 cm³/mol. The molecule has 0 aromatic rings. The molecule has 0 fully saturated rings. The largest absolute Gasteiger partial charge is 1.00 e. The van der Waals surface area contributed by atoms with Gasteiger partial charge < -0.3 is 19.8 Å². The normalized spacial score (nSPS) is 9.92. The number of aliphatic carboxylic acids is 2. The Morgan fingerprint density at radius 1 is 0.400 bits per heavy atom. The van der Waals surface area contributed by atoms with Crippen LogP contribution in [-0.4, -0.2) is 11.9 Å². The first kappa shape index (κ1) is 30.7. The minimum atomic E-state index is -0.928. The zero-order chi connectivity index (χ0) is 17.2. The van der Waals surface area contributed by atoms with E-state index in [1.165, 1.54) is 57.8 Å². The second kappa shape index (κ2) is 24.9. The molecule has 0 N–H and O–H groups in total. The molecule has 0 atom stereocenters. The zero-order valence-electron chi connectivity index (χ0n) is 16.7. The molecule has 0 bridgehead atoms. The van der Waals surface area contributed by atoms with Crippen molar-refractivity contribution in [1.29, 1.82) is 0 Å². The molecule has 0 aliphatic rings. The fraction of sp³-hybridized carbons (Fsp3) is 0.895. The van der Waals surface area contributed by atoms with Crippen LogP contribution in [0.1, 0.15) is 109 Å². The molecular formula is C19H34Na2O4. The molecule has 0 saturated carbocycles. The summed E-state index contributed by atoms with van der Waals surface area (Å²) >= 11 is 0. The van der Waals surface area contributed by atoms with Gasteiger partial charge in [-0.1, -0.05) is 83.5 Å². The average Bonchev–Trinajstić information content (AvgIpc) is 2.49. The number of carboxylic acid groups (broad SMARTS) is 2. The van der Waals surface area contributed by atoms with E-state index in [4.69, 9.17) is 0 Å². The molecule has 136 valence electrons. The summed E-state index contributed by atoms with van der Waals surface area (Å²) in [5.41, 5.74) is 0. The van der Waals surface area contributed by atoms with Crippen LogP contribution in [0, 0.1) is 0 Å². The summed E-state index contributed by atoms with van der Waals surface area (Å²) in [6, 6.07) is 0. The molecule has 25 heavy (non-hydrogen) atoms. The third-order valence-corrected chi connectivity index (χ3v) is 4.26. The topological polar surface area (TPSA) is 80.3 Å². The van der Waals surface area contributed by atoms with Crippen molar-refractivity contribution < 1.29 is 78.9 Å². The van der Waals surface area contributed by atoms with Crippen LogP contribution < -0.4 is 69.3 Å². The second-order valence-electron chi connectivity index (χ2n) is 6.55. The van der Waals surface area contributed by atoms with E-state index in [9.17, 15) is 19.8 Å². The van der Waals surface area contributed by atoms with Gasteiger partial charge >= 0.3 is 59.1 Å². The van der Waals surface area contributed by atoms with Crippen LogP contribution in [0.2, 0.25) is 0 Å². The minimum Gasteiger partial charge on any atom is -0.550 e. The van der Waals surface area contributed by atoms with Crippen molar-refractivity contribution in [3.8, 4) is 0 Å². The van der Waals surface area contributed by atoms with Crippen LogP contribution in [0.25, 0.3) is 0 Å². The van der Waals surface area contributed by atoms with Crippen LogP contribution >= 0.6 is 0 Å². The van der Waals surface area contributed by atoms with Crippen molar-refractivity contribution in [2.24, 2.45) is 0 Å². The second-order valence-corrected chi connectivity index (χ2v) is 6.55. The van der Waals surface area contributed by atoms with Gasteiger partial charge in [-0.2, -0.15) is 0 Å². The summed E-state index contributed by atoms with van der Waals surface area (Å²) in [5.74, 6) is -1.86. The third-order valence-electron chi connectivity index (χ3n) is 4.26. The SMILES string of the molecule is O=C([O-])CCCCCCCCCCCCCCCCCC(=O)[O-].[Na+].[Na+]. The quantitative estimate of drug-likeness (QED) is 0.191. The van der Waals surface area contributed by atoms with E-state index >= 15 is 0 Å². The molecule has 0 rings (SSSR count). The number of carbonyl (C=O) groups is 2. The van der Waals surface area contributed by atoms with Crippen molar-refractivity contribution in [2.45, 2.75) is 109 Å². The van der Waals surface area contributed by atoms with E-state index < -0.39 is 11.9 Å². The van der Waals surface area contributed by atoms with Crippen LogP contribution in [0.3, 0.4) is 0 Å². The Balaban J connectivity index is -0.00000242. The van der Waals surface area contributed by atoms with E-state index in [1.54, 1.807) is 0 Å². The van der Waals surface area contributed by atoms with Gasteiger partial charge in [0.25, 0.3) is 0 Å². The molecule has 0 spiro atoms. The molecule has 4 nitrogen and oxygen atoms in total. The van der Waals surface area contributed by atoms with Crippen molar-refractivity contribution in [3.63, 3.8) is 0 Å². The molecule has 0 aliphatic heterocycles. The maximum Gasteiger partial charge on any atom is 1.00 e. The Bertz CT molecular complexity index is 271. The van der Waals surface area contributed by atoms with Crippen molar-refractivity contribution in [1.82, 2.24) is 0 Å². The van der Waals surface area contributed by atoms with E-state index in [0.29, 0.717) is 0 Å². The molecule has 0 unspecified atom stereocenters.